The Morgan fingerprint density at radius 1 is 1.40 bits per heavy atom. The van der Waals surface area contributed by atoms with E-state index >= 15 is 0 Å². The number of non-ortho nitro benzene ring substituents is 1. The zero-order valence-electron chi connectivity index (χ0n) is 11.7. The number of likely N-dealkylation sites (tertiary alicyclic amines) is 1. The van der Waals surface area contributed by atoms with Crippen LogP contribution < -0.4 is 16.2 Å². The third-order valence-electron chi connectivity index (χ3n) is 3.67. The number of rotatable bonds is 6. The van der Waals surface area contributed by atoms with Crippen molar-refractivity contribution >= 4 is 17.1 Å². The van der Waals surface area contributed by atoms with Crippen LogP contribution in [0.1, 0.15) is 12.8 Å². The Morgan fingerprint density at radius 2 is 2.10 bits per heavy atom. The van der Waals surface area contributed by atoms with E-state index in [-0.39, 0.29) is 5.69 Å². The summed E-state index contributed by atoms with van der Waals surface area (Å²) in [6.07, 6.45) is 2.53. The highest BCUT2D eigenvalue weighted by molar-refractivity contribution is 5.63. The molecule has 0 spiro atoms. The number of hydrogen-bond acceptors (Lipinski definition) is 6. The van der Waals surface area contributed by atoms with Gasteiger partial charge in [0, 0.05) is 38.0 Å². The van der Waals surface area contributed by atoms with Crippen LogP contribution in [-0.2, 0) is 0 Å². The van der Waals surface area contributed by atoms with E-state index in [4.69, 9.17) is 5.84 Å². The SMILES string of the molecule is CN(CCN1CCCC1)c1cc(NN)cc([N+](=O)[O-])c1. The second kappa shape index (κ2) is 6.53. The highest BCUT2D eigenvalue weighted by Gasteiger charge is 2.14. The van der Waals surface area contributed by atoms with E-state index < -0.39 is 4.92 Å². The number of nitro groups is 1. The minimum absolute atomic E-state index is 0.0449. The number of nitrogens with zero attached hydrogens (tertiary/aromatic N) is 3. The molecular formula is C13H21N5O2. The zero-order valence-corrected chi connectivity index (χ0v) is 11.7. The van der Waals surface area contributed by atoms with Crippen molar-refractivity contribution in [3.63, 3.8) is 0 Å². The molecule has 0 atom stereocenters. The summed E-state index contributed by atoms with van der Waals surface area (Å²) in [5.41, 5.74) is 3.86. The number of hydrazine groups is 1. The van der Waals surface area contributed by atoms with Gasteiger partial charge in [-0.25, -0.2) is 0 Å². The Bertz CT molecular complexity index is 474. The summed E-state index contributed by atoms with van der Waals surface area (Å²) in [4.78, 5) is 14.9. The van der Waals surface area contributed by atoms with Gasteiger partial charge in [-0.15, -0.1) is 0 Å². The first-order chi connectivity index (χ1) is 9.60. The maximum Gasteiger partial charge on any atom is 0.273 e. The van der Waals surface area contributed by atoms with Gasteiger partial charge in [-0.05, 0) is 32.0 Å². The summed E-state index contributed by atoms with van der Waals surface area (Å²) in [5, 5.41) is 10.9. The van der Waals surface area contributed by atoms with Crippen LogP contribution in [0.15, 0.2) is 18.2 Å². The quantitative estimate of drug-likeness (QED) is 0.465. The molecule has 0 aromatic heterocycles. The van der Waals surface area contributed by atoms with Crippen molar-refractivity contribution in [3.05, 3.63) is 28.3 Å². The van der Waals surface area contributed by atoms with E-state index in [0.717, 1.165) is 31.9 Å². The van der Waals surface area contributed by atoms with E-state index in [1.807, 2.05) is 18.0 Å². The fourth-order valence-electron chi connectivity index (χ4n) is 2.43. The summed E-state index contributed by atoms with van der Waals surface area (Å²) in [6, 6.07) is 4.82. The van der Waals surface area contributed by atoms with E-state index in [2.05, 4.69) is 10.3 Å². The van der Waals surface area contributed by atoms with Gasteiger partial charge in [0.25, 0.3) is 5.69 Å². The van der Waals surface area contributed by atoms with Gasteiger partial charge in [0.1, 0.15) is 0 Å². The van der Waals surface area contributed by atoms with Crippen molar-refractivity contribution < 1.29 is 4.92 Å². The van der Waals surface area contributed by atoms with Gasteiger partial charge in [-0.2, -0.15) is 0 Å². The van der Waals surface area contributed by atoms with E-state index in [9.17, 15) is 10.1 Å². The van der Waals surface area contributed by atoms with Gasteiger partial charge in [-0.1, -0.05) is 0 Å². The van der Waals surface area contributed by atoms with Gasteiger partial charge in [0.2, 0.25) is 0 Å². The van der Waals surface area contributed by atoms with Crippen molar-refractivity contribution in [2.24, 2.45) is 5.84 Å². The van der Waals surface area contributed by atoms with Crippen molar-refractivity contribution in [3.8, 4) is 0 Å². The molecule has 0 saturated carbocycles. The Morgan fingerprint density at radius 3 is 2.70 bits per heavy atom. The van der Waals surface area contributed by atoms with Crippen LogP contribution in [0.25, 0.3) is 0 Å². The molecule has 1 aliphatic rings. The fourth-order valence-corrected chi connectivity index (χ4v) is 2.43. The largest absolute Gasteiger partial charge is 0.373 e. The van der Waals surface area contributed by atoms with Crippen LogP contribution in [0.5, 0.6) is 0 Å². The number of hydrogen-bond donors (Lipinski definition) is 2. The van der Waals surface area contributed by atoms with Crippen LogP contribution >= 0.6 is 0 Å². The van der Waals surface area contributed by atoms with E-state index in [0.29, 0.717) is 5.69 Å². The number of nitrogens with two attached hydrogens (primary N) is 1. The lowest BCUT2D eigenvalue weighted by Crippen LogP contribution is -2.31. The molecule has 20 heavy (non-hydrogen) atoms. The monoisotopic (exact) mass is 279 g/mol. The first-order valence-electron chi connectivity index (χ1n) is 6.80. The molecule has 1 fully saturated rings. The molecule has 0 unspecified atom stereocenters. The Balaban J connectivity index is 2.05. The van der Waals surface area contributed by atoms with Gasteiger partial charge < -0.3 is 15.2 Å². The van der Waals surface area contributed by atoms with Crippen molar-refractivity contribution in [1.82, 2.24) is 4.90 Å². The third-order valence-corrected chi connectivity index (χ3v) is 3.67. The Hall–Kier alpha value is -1.86. The minimum atomic E-state index is -0.404. The maximum atomic E-state index is 10.9. The maximum absolute atomic E-state index is 10.9. The average molecular weight is 279 g/mol. The minimum Gasteiger partial charge on any atom is -0.373 e. The molecule has 110 valence electrons. The highest BCUT2D eigenvalue weighted by Crippen LogP contribution is 2.26. The molecule has 3 N–H and O–H groups in total. The molecular weight excluding hydrogens is 258 g/mol. The lowest BCUT2D eigenvalue weighted by Gasteiger charge is -2.23. The molecule has 1 aliphatic heterocycles. The number of anilines is 2. The molecule has 1 aromatic carbocycles. The molecule has 0 bridgehead atoms. The summed E-state index contributed by atoms with van der Waals surface area (Å²) in [7, 11) is 1.94. The van der Waals surface area contributed by atoms with Crippen molar-refractivity contribution in [1.29, 1.82) is 0 Å². The van der Waals surface area contributed by atoms with Crippen LogP contribution in [0.2, 0.25) is 0 Å². The lowest BCUT2D eigenvalue weighted by molar-refractivity contribution is -0.384. The third kappa shape index (κ3) is 3.58. The Kier molecular flexibility index (Phi) is 4.75. The molecule has 0 radical (unpaired) electrons. The predicted molar refractivity (Wildman–Crippen MR) is 79.9 cm³/mol. The van der Waals surface area contributed by atoms with Crippen LogP contribution in [0.3, 0.4) is 0 Å². The van der Waals surface area contributed by atoms with Gasteiger partial charge in [0.05, 0.1) is 10.6 Å². The van der Waals surface area contributed by atoms with Crippen molar-refractivity contribution in [2.75, 3.05) is 43.6 Å². The summed E-state index contributed by atoms with van der Waals surface area (Å²) >= 11 is 0. The number of nitrogens with one attached hydrogen (secondary N) is 1. The number of nitrogen functional groups attached to an aromatic ring is 1. The fraction of sp³-hybridized carbons (Fsp3) is 0.538. The second-order valence-electron chi connectivity index (χ2n) is 5.11. The summed E-state index contributed by atoms with van der Waals surface area (Å²) < 4.78 is 0. The standard InChI is InChI=1S/C13H21N5O2/c1-16(6-7-17-4-2-3-5-17)12-8-11(15-14)9-13(10-12)18(19)20/h8-10,15H,2-7,14H2,1H3. The molecule has 0 amide bonds. The highest BCUT2D eigenvalue weighted by atomic mass is 16.6. The lowest BCUT2D eigenvalue weighted by atomic mass is 10.2. The topological polar surface area (TPSA) is 87.7 Å². The molecule has 2 rings (SSSR count). The molecule has 1 heterocycles. The van der Waals surface area contributed by atoms with E-state index in [1.165, 1.54) is 18.9 Å². The zero-order chi connectivity index (χ0) is 14.5. The normalized spacial score (nSPS) is 15.3. The number of benzene rings is 1. The number of likely N-dealkylation sites (N-methyl/N-ethyl adjacent to an activating group) is 1. The van der Waals surface area contributed by atoms with Gasteiger partial charge in [0.15, 0.2) is 0 Å². The average Bonchev–Trinajstić information content (AvgIpc) is 2.97. The summed E-state index contributed by atoms with van der Waals surface area (Å²) in [5.74, 6) is 5.36. The number of nitro benzene ring substituents is 1. The van der Waals surface area contributed by atoms with E-state index in [1.54, 1.807) is 6.07 Å². The molecule has 1 aromatic rings. The smallest absolute Gasteiger partial charge is 0.273 e. The molecule has 7 heteroatoms. The molecule has 0 aliphatic carbocycles. The molecule has 1 saturated heterocycles. The van der Waals surface area contributed by atoms with Crippen molar-refractivity contribution in [2.45, 2.75) is 12.8 Å². The van der Waals surface area contributed by atoms with Crippen LogP contribution in [0.4, 0.5) is 17.1 Å². The Labute approximate surface area is 118 Å². The van der Waals surface area contributed by atoms with Crippen LogP contribution in [-0.4, -0.2) is 43.0 Å². The van der Waals surface area contributed by atoms with Gasteiger partial charge in [-0.3, -0.25) is 16.0 Å². The molecule has 7 nitrogen and oxygen atoms in total. The first kappa shape index (κ1) is 14.5. The van der Waals surface area contributed by atoms with Gasteiger partial charge >= 0.3 is 0 Å². The second-order valence-corrected chi connectivity index (χ2v) is 5.11. The predicted octanol–water partition coefficient (Wildman–Crippen LogP) is 1.41. The van der Waals surface area contributed by atoms with Crippen LogP contribution in [0, 0.1) is 10.1 Å². The summed E-state index contributed by atoms with van der Waals surface area (Å²) in [6.45, 7) is 4.12. The first-order valence-corrected chi connectivity index (χ1v) is 6.80.